The number of anilines is 3. The summed E-state index contributed by atoms with van der Waals surface area (Å²) in [5.41, 5.74) is 16.5. The van der Waals surface area contributed by atoms with Gasteiger partial charge in [-0.05, 0) is 122 Å². The first-order valence-electron chi connectivity index (χ1n) is 22.9. The minimum absolute atomic E-state index is 1.10. The molecule has 0 N–H and O–H groups in total. The Bertz CT molecular complexity index is 3910. The topological polar surface area (TPSA) is 8.17 Å². The van der Waals surface area contributed by atoms with Crippen molar-refractivity contribution >= 4 is 81.1 Å². The molecule has 0 saturated carbocycles. The third kappa shape index (κ3) is 6.79. The van der Waals surface area contributed by atoms with Crippen LogP contribution in [0.25, 0.3) is 103 Å². The van der Waals surface area contributed by atoms with Crippen LogP contribution in [-0.4, -0.2) is 4.57 Å². The van der Waals surface area contributed by atoms with E-state index in [-0.39, 0.29) is 0 Å². The van der Waals surface area contributed by atoms with E-state index in [1.54, 1.807) is 0 Å². The number of hydrogen-bond donors (Lipinski definition) is 0. The van der Waals surface area contributed by atoms with Gasteiger partial charge in [-0.3, -0.25) is 0 Å². The summed E-state index contributed by atoms with van der Waals surface area (Å²) in [6, 6.07) is 93.1. The van der Waals surface area contributed by atoms with Gasteiger partial charge in [0.2, 0.25) is 0 Å². The van der Waals surface area contributed by atoms with Crippen molar-refractivity contribution in [1.29, 1.82) is 0 Å². The fourth-order valence-electron chi connectivity index (χ4n) is 10.2. The van der Waals surface area contributed by atoms with Gasteiger partial charge in [-0.1, -0.05) is 188 Å². The second-order valence-corrected chi connectivity index (χ2v) is 18.4. The van der Waals surface area contributed by atoms with Gasteiger partial charge in [0.15, 0.2) is 0 Å². The van der Waals surface area contributed by atoms with Crippen molar-refractivity contribution in [2.75, 3.05) is 4.90 Å². The number of fused-ring (bicyclic) bond motifs is 7. The van der Waals surface area contributed by atoms with E-state index in [4.69, 9.17) is 0 Å². The fourth-order valence-corrected chi connectivity index (χ4v) is 11.4. The van der Waals surface area contributed by atoms with Gasteiger partial charge in [0.1, 0.15) is 0 Å². The Labute approximate surface area is 393 Å². The summed E-state index contributed by atoms with van der Waals surface area (Å²) in [5.74, 6) is 0. The molecule has 2 heterocycles. The van der Waals surface area contributed by atoms with Gasteiger partial charge in [-0.2, -0.15) is 0 Å². The molecule has 2 aromatic heterocycles. The average molecular weight is 871 g/mol. The molecule has 0 amide bonds. The highest BCUT2D eigenvalue weighted by Gasteiger charge is 2.18. The number of rotatable bonds is 8. The highest BCUT2D eigenvalue weighted by molar-refractivity contribution is 7.25. The van der Waals surface area contributed by atoms with Crippen LogP contribution in [0.1, 0.15) is 0 Å². The lowest BCUT2D eigenvalue weighted by molar-refractivity contribution is 1.18. The van der Waals surface area contributed by atoms with Gasteiger partial charge in [0.25, 0.3) is 0 Å². The molecule has 2 nitrogen and oxygen atoms in total. The van der Waals surface area contributed by atoms with Gasteiger partial charge < -0.3 is 9.47 Å². The van der Waals surface area contributed by atoms with Crippen LogP contribution in [0.5, 0.6) is 0 Å². The number of para-hydroxylation sites is 2. The van der Waals surface area contributed by atoms with Crippen LogP contribution < -0.4 is 4.90 Å². The van der Waals surface area contributed by atoms with Gasteiger partial charge in [0, 0.05) is 53.7 Å². The maximum Gasteiger partial charge on any atom is 0.0541 e. The van der Waals surface area contributed by atoms with Crippen LogP contribution >= 0.6 is 11.3 Å². The lowest BCUT2D eigenvalue weighted by Gasteiger charge is -2.26. The Kier molecular flexibility index (Phi) is 9.40. The Morgan fingerprint density at radius 2 is 0.806 bits per heavy atom. The van der Waals surface area contributed by atoms with E-state index in [1.165, 1.54) is 91.7 Å². The molecule has 0 aliphatic rings. The van der Waals surface area contributed by atoms with Crippen molar-refractivity contribution in [2.45, 2.75) is 0 Å². The van der Waals surface area contributed by atoms with Crippen LogP contribution in [0.15, 0.2) is 255 Å². The van der Waals surface area contributed by atoms with E-state index in [0.717, 1.165) is 28.3 Å². The predicted octanol–water partition coefficient (Wildman–Crippen LogP) is 18.4. The number of aromatic nitrogens is 1. The molecule has 0 fully saturated rings. The molecule has 67 heavy (non-hydrogen) atoms. The van der Waals surface area contributed by atoms with Crippen molar-refractivity contribution < 1.29 is 0 Å². The molecule has 0 aliphatic carbocycles. The number of hydrogen-bond acceptors (Lipinski definition) is 2. The van der Waals surface area contributed by atoms with Gasteiger partial charge in [-0.15, -0.1) is 11.3 Å². The average Bonchev–Trinajstić information content (AvgIpc) is 3.95. The SMILES string of the molecule is c1ccc(-c2cccc3cccc(-c4ccc(N(c5cccc(-c6ccc(-c7cccc(-n8c9ccccc9c9ccccc98)c7)cc6)c5)c5ccc6c(c5)sc5ccccc56)cc4)c23)cc1. The van der Waals surface area contributed by atoms with Gasteiger partial charge in [-0.25, -0.2) is 0 Å². The summed E-state index contributed by atoms with van der Waals surface area (Å²) in [5, 5.41) is 7.64. The molecule has 0 bridgehead atoms. The zero-order valence-electron chi connectivity index (χ0n) is 36.6. The molecule has 0 unspecified atom stereocenters. The van der Waals surface area contributed by atoms with Crippen molar-refractivity contribution in [3.63, 3.8) is 0 Å². The van der Waals surface area contributed by atoms with E-state index >= 15 is 0 Å². The van der Waals surface area contributed by atoms with Crippen molar-refractivity contribution in [1.82, 2.24) is 4.57 Å². The largest absolute Gasteiger partial charge is 0.310 e. The summed E-state index contributed by atoms with van der Waals surface area (Å²) in [7, 11) is 0. The standard InChI is InChI=1S/C64H42N2S/c1-2-14-45(15-3-1)54-25-12-16-47-17-13-26-55(64(47)54)46-34-36-50(37-35-46)65(53-38-39-59-58-24-6-9-29-62(58)67-63(59)42-53)51-20-10-18-48(40-51)43-30-32-44(33-31-43)49-19-11-21-52(41-49)66-60-27-7-4-22-56(60)57-23-5-8-28-61(57)66/h1-42H. The molecule has 0 spiro atoms. The molecule has 11 aromatic carbocycles. The second-order valence-electron chi connectivity index (χ2n) is 17.3. The van der Waals surface area contributed by atoms with E-state index < -0.39 is 0 Å². The monoisotopic (exact) mass is 870 g/mol. The Hall–Kier alpha value is -8.50. The molecule has 0 saturated heterocycles. The van der Waals surface area contributed by atoms with E-state index in [9.17, 15) is 0 Å². The minimum Gasteiger partial charge on any atom is -0.310 e. The molecule has 13 rings (SSSR count). The van der Waals surface area contributed by atoms with Gasteiger partial charge in [0.05, 0.1) is 11.0 Å². The Balaban J connectivity index is 0.878. The third-order valence-corrected chi connectivity index (χ3v) is 14.5. The lowest BCUT2D eigenvalue weighted by atomic mass is 9.91. The van der Waals surface area contributed by atoms with E-state index in [0.29, 0.717) is 0 Å². The highest BCUT2D eigenvalue weighted by atomic mass is 32.1. The first kappa shape index (κ1) is 38.9. The molecule has 0 radical (unpaired) electrons. The normalized spacial score (nSPS) is 11.6. The minimum atomic E-state index is 1.10. The Morgan fingerprint density at radius 1 is 0.299 bits per heavy atom. The highest BCUT2D eigenvalue weighted by Crippen LogP contribution is 2.43. The maximum atomic E-state index is 2.41. The van der Waals surface area contributed by atoms with Crippen molar-refractivity contribution in [3.8, 4) is 50.2 Å². The molecule has 0 aliphatic heterocycles. The van der Waals surface area contributed by atoms with Crippen molar-refractivity contribution in [2.24, 2.45) is 0 Å². The van der Waals surface area contributed by atoms with Crippen LogP contribution in [0.3, 0.4) is 0 Å². The van der Waals surface area contributed by atoms with Crippen LogP contribution in [0.2, 0.25) is 0 Å². The fraction of sp³-hybridized carbons (Fsp3) is 0. The van der Waals surface area contributed by atoms with Crippen LogP contribution in [0, 0.1) is 0 Å². The summed E-state index contributed by atoms with van der Waals surface area (Å²) < 4.78 is 4.97. The summed E-state index contributed by atoms with van der Waals surface area (Å²) in [6.07, 6.45) is 0. The van der Waals surface area contributed by atoms with E-state index in [2.05, 4.69) is 264 Å². The molecule has 0 atom stereocenters. The maximum absolute atomic E-state index is 2.41. The molecule has 3 heteroatoms. The number of thiophene rings is 1. The van der Waals surface area contributed by atoms with Crippen LogP contribution in [-0.2, 0) is 0 Å². The van der Waals surface area contributed by atoms with Gasteiger partial charge >= 0.3 is 0 Å². The molecular weight excluding hydrogens is 829 g/mol. The molecular formula is C64H42N2S. The van der Waals surface area contributed by atoms with Crippen molar-refractivity contribution in [3.05, 3.63) is 255 Å². The molecule has 13 aromatic rings. The van der Waals surface area contributed by atoms with Crippen LogP contribution in [0.4, 0.5) is 17.1 Å². The summed E-state index contributed by atoms with van der Waals surface area (Å²) in [4.78, 5) is 2.41. The summed E-state index contributed by atoms with van der Waals surface area (Å²) in [6.45, 7) is 0. The quantitative estimate of drug-likeness (QED) is 0.148. The molecule has 314 valence electrons. The second kappa shape index (κ2) is 16.2. The summed E-state index contributed by atoms with van der Waals surface area (Å²) >= 11 is 1.86. The lowest BCUT2D eigenvalue weighted by Crippen LogP contribution is -2.10. The smallest absolute Gasteiger partial charge is 0.0541 e. The third-order valence-electron chi connectivity index (χ3n) is 13.4. The number of nitrogens with zero attached hydrogens (tertiary/aromatic N) is 2. The zero-order chi connectivity index (χ0) is 44.3. The number of benzene rings is 11. The first-order valence-corrected chi connectivity index (χ1v) is 23.7. The zero-order valence-corrected chi connectivity index (χ0v) is 37.4. The Morgan fingerprint density at radius 3 is 1.51 bits per heavy atom. The van der Waals surface area contributed by atoms with E-state index in [1.807, 2.05) is 11.3 Å². The predicted molar refractivity (Wildman–Crippen MR) is 288 cm³/mol. The first-order chi connectivity index (χ1) is 33.2.